The summed E-state index contributed by atoms with van der Waals surface area (Å²) in [5.41, 5.74) is -0.964. The van der Waals surface area contributed by atoms with Crippen LogP contribution in [0.2, 0.25) is 0 Å². The first-order valence-corrected chi connectivity index (χ1v) is 7.49. The number of nitrogens with zero attached hydrogens (tertiary/aromatic N) is 1. The van der Waals surface area contributed by atoms with Gasteiger partial charge in [0.1, 0.15) is 4.21 Å². The number of hydrogen-bond acceptors (Lipinski definition) is 5. The summed E-state index contributed by atoms with van der Waals surface area (Å²) < 4.78 is 25.5. The van der Waals surface area contributed by atoms with Crippen molar-refractivity contribution in [3.63, 3.8) is 0 Å². The number of β-amino-alcohol motifs (C(OH)–C–C–N with tert-alkyl or cyclic N) is 1. The van der Waals surface area contributed by atoms with Gasteiger partial charge in [0.05, 0.1) is 12.0 Å². The molecule has 18 heavy (non-hydrogen) atoms. The first-order chi connectivity index (χ1) is 8.21. The van der Waals surface area contributed by atoms with E-state index in [4.69, 9.17) is 5.11 Å². The summed E-state index contributed by atoms with van der Waals surface area (Å²) >= 11 is 0.954. The van der Waals surface area contributed by atoms with Crippen molar-refractivity contribution in [3.8, 4) is 0 Å². The molecule has 0 aromatic carbocycles. The SMILES string of the molecule is CC1(O)CN(S(=O)(=O)c2ccc(CC(=O)O)s2)C1. The van der Waals surface area contributed by atoms with Crippen LogP contribution in [0, 0.1) is 0 Å². The highest BCUT2D eigenvalue weighted by atomic mass is 32.2. The maximum Gasteiger partial charge on any atom is 0.308 e. The van der Waals surface area contributed by atoms with Crippen molar-refractivity contribution >= 4 is 27.3 Å². The Labute approximate surface area is 109 Å². The third-order valence-electron chi connectivity index (χ3n) is 2.59. The van der Waals surface area contributed by atoms with Crippen LogP contribution in [0.5, 0.6) is 0 Å². The van der Waals surface area contributed by atoms with Crippen LogP contribution in [0.1, 0.15) is 11.8 Å². The van der Waals surface area contributed by atoms with Crippen molar-refractivity contribution in [2.45, 2.75) is 23.2 Å². The zero-order valence-electron chi connectivity index (χ0n) is 9.66. The molecule has 1 aliphatic heterocycles. The number of hydrogen-bond donors (Lipinski definition) is 2. The van der Waals surface area contributed by atoms with E-state index in [9.17, 15) is 18.3 Å². The predicted molar refractivity (Wildman–Crippen MR) is 65.0 cm³/mol. The van der Waals surface area contributed by atoms with Gasteiger partial charge >= 0.3 is 5.97 Å². The molecule has 1 fully saturated rings. The highest BCUT2D eigenvalue weighted by Gasteiger charge is 2.44. The third-order valence-corrected chi connectivity index (χ3v) is 5.93. The fourth-order valence-electron chi connectivity index (χ4n) is 1.75. The normalized spacial score (nSPS) is 19.4. The number of aliphatic hydroxyl groups is 1. The van der Waals surface area contributed by atoms with E-state index in [-0.39, 0.29) is 23.7 Å². The second-order valence-corrected chi connectivity index (χ2v) is 7.89. The Hall–Kier alpha value is -0.960. The first kappa shape index (κ1) is 13.5. The average molecular weight is 291 g/mol. The molecule has 0 atom stereocenters. The zero-order valence-corrected chi connectivity index (χ0v) is 11.3. The highest BCUT2D eigenvalue weighted by Crippen LogP contribution is 2.31. The first-order valence-electron chi connectivity index (χ1n) is 5.24. The largest absolute Gasteiger partial charge is 0.481 e. The summed E-state index contributed by atoms with van der Waals surface area (Å²) in [5, 5.41) is 18.2. The molecule has 1 saturated heterocycles. The molecule has 1 aliphatic rings. The second-order valence-electron chi connectivity index (χ2n) is 4.56. The van der Waals surface area contributed by atoms with Gasteiger partial charge < -0.3 is 10.2 Å². The molecule has 0 spiro atoms. The summed E-state index contributed by atoms with van der Waals surface area (Å²) in [4.78, 5) is 11.0. The molecule has 2 N–H and O–H groups in total. The Morgan fingerprint density at radius 3 is 2.61 bits per heavy atom. The molecule has 2 heterocycles. The number of thiophene rings is 1. The van der Waals surface area contributed by atoms with Gasteiger partial charge in [-0.2, -0.15) is 4.31 Å². The molecule has 0 aliphatic carbocycles. The smallest absolute Gasteiger partial charge is 0.308 e. The Bertz CT molecular complexity index is 567. The van der Waals surface area contributed by atoms with E-state index < -0.39 is 21.6 Å². The van der Waals surface area contributed by atoms with Gasteiger partial charge in [-0.3, -0.25) is 4.79 Å². The molecule has 0 amide bonds. The summed E-state index contributed by atoms with van der Waals surface area (Å²) in [6.45, 7) is 1.71. The maximum absolute atomic E-state index is 12.1. The van der Waals surface area contributed by atoms with E-state index in [1.807, 2.05) is 0 Å². The molecule has 0 bridgehead atoms. The number of aliphatic carboxylic acids is 1. The van der Waals surface area contributed by atoms with Crippen LogP contribution < -0.4 is 0 Å². The van der Waals surface area contributed by atoms with Crippen molar-refractivity contribution < 1.29 is 23.4 Å². The van der Waals surface area contributed by atoms with Crippen molar-refractivity contribution in [1.29, 1.82) is 0 Å². The van der Waals surface area contributed by atoms with Crippen LogP contribution in [0.3, 0.4) is 0 Å². The van der Waals surface area contributed by atoms with Crippen LogP contribution in [-0.4, -0.2) is 47.6 Å². The predicted octanol–water partition coefficient (Wildman–Crippen LogP) is 0.130. The van der Waals surface area contributed by atoms with Gasteiger partial charge in [0, 0.05) is 18.0 Å². The van der Waals surface area contributed by atoms with E-state index in [2.05, 4.69) is 0 Å². The number of rotatable bonds is 4. The van der Waals surface area contributed by atoms with E-state index in [0.717, 1.165) is 11.3 Å². The van der Waals surface area contributed by atoms with Crippen molar-refractivity contribution in [3.05, 3.63) is 17.0 Å². The molecular formula is C10H13NO5S2. The minimum atomic E-state index is -3.59. The summed E-state index contributed by atoms with van der Waals surface area (Å²) in [6.07, 6.45) is -0.183. The van der Waals surface area contributed by atoms with Gasteiger partial charge in [0.15, 0.2) is 0 Å². The molecule has 0 unspecified atom stereocenters. The summed E-state index contributed by atoms with van der Waals surface area (Å²) in [7, 11) is -3.59. The maximum atomic E-state index is 12.1. The van der Waals surface area contributed by atoms with E-state index in [1.165, 1.54) is 16.4 Å². The third kappa shape index (κ3) is 2.56. The zero-order chi connectivity index (χ0) is 13.6. The molecule has 2 rings (SSSR count). The average Bonchev–Trinajstić information content (AvgIpc) is 2.62. The summed E-state index contributed by atoms with van der Waals surface area (Å²) in [6, 6.07) is 2.91. The standard InChI is InChI=1S/C10H13NO5S2/c1-10(14)5-11(6-10)18(15,16)9-3-2-7(17-9)4-8(12)13/h2-3,14H,4-6H2,1H3,(H,12,13). The Kier molecular flexibility index (Phi) is 3.22. The molecule has 6 nitrogen and oxygen atoms in total. The fourth-order valence-corrected chi connectivity index (χ4v) is 4.93. The molecule has 100 valence electrons. The van der Waals surface area contributed by atoms with Crippen molar-refractivity contribution in [1.82, 2.24) is 4.31 Å². The van der Waals surface area contributed by atoms with E-state index in [1.54, 1.807) is 6.92 Å². The van der Waals surface area contributed by atoms with Crippen molar-refractivity contribution in [2.75, 3.05) is 13.1 Å². The van der Waals surface area contributed by atoms with Gasteiger partial charge in [-0.15, -0.1) is 11.3 Å². The minimum Gasteiger partial charge on any atom is -0.481 e. The Morgan fingerprint density at radius 1 is 1.50 bits per heavy atom. The molecule has 1 aromatic rings. The van der Waals surface area contributed by atoms with Gasteiger partial charge in [0.25, 0.3) is 10.0 Å². The minimum absolute atomic E-state index is 0.0709. The lowest BCUT2D eigenvalue weighted by molar-refractivity contribution is -0.136. The van der Waals surface area contributed by atoms with Gasteiger partial charge in [0.2, 0.25) is 0 Å². The lowest BCUT2D eigenvalue weighted by Crippen LogP contribution is -2.61. The van der Waals surface area contributed by atoms with E-state index >= 15 is 0 Å². The van der Waals surface area contributed by atoms with Gasteiger partial charge in [-0.05, 0) is 19.1 Å². The molecule has 0 saturated carbocycles. The van der Waals surface area contributed by atoms with Crippen LogP contribution in [-0.2, 0) is 21.2 Å². The Morgan fingerprint density at radius 2 is 2.11 bits per heavy atom. The topological polar surface area (TPSA) is 94.9 Å². The van der Waals surface area contributed by atoms with Crippen LogP contribution >= 0.6 is 11.3 Å². The van der Waals surface area contributed by atoms with Crippen LogP contribution in [0.25, 0.3) is 0 Å². The monoisotopic (exact) mass is 291 g/mol. The molecule has 0 radical (unpaired) electrons. The lowest BCUT2D eigenvalue weighted by Gasteiger charge is -2.42. The number of carboxylic acid groups (broad SMARTS) is 1. The number of sulfonamides is 1. The van der Waals surface area contributed by atoms with E-state index in [0.29, 0.717) is 4.88 Å². The quantitative estimate of drug-likeness (QED) is 0.822. The van der Waals surface area contributed by atoms with Gasteiger partial charge in [-0.1, -0.05) is 0 Å². The molecule has 1 aromatic heterocycles. The number of carboxylic acids is 1. The Balaban J connectivity index is 2.16. The van der Waals surface area contributed by atoms with Crippen LogP contribution in [0.4, 0.5) is 0 Å². The second kappa shape index (κ2) is 4.30. The lowest BCUT2D eigenvalue weighted by atomic mass is 10.0. The molecule has 8 heteroatoms. The summed E-state index contributed by atoms with van der Waals surface area (Å²) in [5.74, 6) is -0.993. The van der Waals surface area contributed by atoms with Crippen molar-refractivity contribution in [2.24, 2.45) is 0 Å². The molecular weight excluding hydrogens is 278 g/mol. The van der Waals surface area contributed by atoms with Gasteiger partial charge in [-0.25, -0.2) is 8.42 Å². The fraction of sp³-hybridized carbons (Fsp3) is 0.500. The van der Waals surface area contributed by atoms with Crippen LogP contribution in [0.15, 0.2) is 16.3 Å². The highest BCUT2D eigenvalue weighted by molar-refractivity contribution is 7.91. The number of carbonyl (C=O) groups is 1.